The Bertz CT molecular complexity index is 248. The number of benzene rings is 1. The Kier molecular flexibility index (Phi) is 2.91. The summed E-state index contributed by atoms with van der Waals surface area (Å²) >= 11 is 0. The van der Waals surface area contributed by atoms with Crippen molar-refractivity contribution in [1.82, 2.24) is 0 Å². The first-order valence-electron chi connectivity index (χ1n) is 4.56. The van der Waals surface area contributed by atoms with E-state index in [0.29, 0.717) is 0 Å². The minimum Gasteiger partial charge on any atom is -0.0648 e. The molecule has 0 fully saturated rings. The van der Waals surface area contributed by atoms with Crippen LogP contribution in [0.4, 0.5) is 0 Å². The Labute approximate surface area is 75.6 Å². The fourth-order valence-corrected chi connectivity index (χ4v) is 1.72. The van der Waals surface area contributed by atoms with Gasteiger partial charge < -0.3 is 0 Å². The largest absolute Gasteiger partial charge is 0.0648 e. The highest BCUT2D eigenvalue weighted by Crippen LogP contribution is 2.18. The quantitative estimate of drug-likeness (QED) is 0.622. The van der Waals surface area contributed by atoms with E-state index < -0.39 is 0 Å². The normalized spacial score (nSPS) is 10.3. The predicted octanol–water partition coefficient (Wildman–Crippen LogP) is 3.57. The lowest BCUT2D eigenvalue weighted by molar-refractivity contribution is 1.09. The highest BCUT2D eigenvalue weighted by atomic mass is 14.1. The van der Waals surface area contributed by atoms with Gasteiger partial charge in [-0.1, -0.05) is 24.6 Å². The third kappa shape index (κ3) is 1.88. The topological polar surface area (TPSA) is 0 Å². The Morgan fingerprint density at radius 1 is 1.08 bits per heavy atom. The fourth-order valence-electron chi connectivity index (χ4n) is 1.72. The van der Waals surface area contributed by atoms with Crippen LogP contribution in [0.2, 0.25) is 0 Å². The van der Waals surface area contributed by atoms with Gasteiger partial charge in [-0.25, -0.2) is 0 Å². The molecule has 0 unspecified atom stereocenters. The van der Waals surface area contributed by atoms with E-state index in [-0.39, 0.29) is 0 Å². The van der Waals surface area contributed by atoms with Gasteiger partial charge in [0.2, 0.25) is 0 Å². The summed E-state index contributed by atoms with van der Waals surface area (Å²) in [5.41, 5.74) is 5.57. The van der Waals surface area contributed by atoms with Crippen LogP contribution in [-0.4, -0.2) is 0 Å². The van der Waals surface area contributed by atoms with Crippen molar-refractivity contribution in [3.8, 4) is 0 Å². The lowest BCUT2D eigenvalue weighted by Gasteiger charge is -2.09. The zero-order valence-electron chi connectivity index (χ0n) is 8.44. The molecule has 1 aromatic carbocycles. The Morgan fingerprint density at radius 2 is 1.58 bits per heavy atom. The van der Waals surface area contributed by atoms with Gasteiger partial charge in [-0.15, -0.1) is 0 Å². The van der Waals surface area contributed by atoms with Crippen LogP contribution in [0.5, 0.6) is 0 Å². The van der Waals surface area contributed by atoms with Gasteiger partial charge in [-0.05, 0) is 50.3 Å². The summed E-state index contributed by atoms with van der Waals surface area (Å²) in [5, 5.41) is 0. The average Bonchev–Trinajstić information content (AvgIpc) is 1.96. The molecule has 0 atom stereocenters. The molecule has 0 nitrogen and oxygen atoms in total. The van der Waals surface area contributed by atoms with E-state index in [0.717, 1.165) is 6.42 Å². The molecule has 0 saturated heterocycles. The van der Waals surface area contributed by atoms with Crippen molar-refractivity contribution >= 4 is 0 Å². The van der Waals surface area contributed by atoms with Crippen LogP contribution in [0.3, 0.4) is 0 Å². The third-order valence-electron chi connectivity index (χ3n) is 2.15. The van der Waals surface area contributed by atoms with E-state index in [2.05, 4.69) is 46.2 Å². The van der Waals surface area contributed by atoms with Gasteiger partial charge in [-0.2, -0.15) is 0 Å². The van der Waals surface area contributed by atoms with Crippen LogP contribution in [-0.2, 0) is 0 Å². The van der Waals surface area contributed by atoms with E-state index in [1.54, 1.807) is 0 Å². The Balaban J connectivity index is 3.10. The predicted molar refractivity (Wildman–Crippen MR) is 54.3 cm³/mol. The van der Waals surface area contributed by atoms with Crippen molar-refractivity contribution in [2.75, 3.05) is 0 Å². The third-order valence-corrected chi connectivity index (χ3v) is 2.15. The second-order valence-corrected chi connectivity index (χ2v) is 3.42. The van der Waals surface area contributed by atoms with Gasteiger partial charge in [0.1, 0.15) is 0 Å². The first-order valence-corrected chi connectivity index (χ1v) is 4.56. The molecule has 0 heteroatoms. The first-order chi connectivity index (χ1) is 5.65. The maximum absolute atomic E-state index is 2.30. The summed E-state index contributed by atoms with van der Waals surface area (Å²) in [6.45, 7) is 8.69. The second-order valence-electron chi connectivity index (χ2n) is 3.42. The molecule has 65 valence electrons. The van der Waals surface area contributed by atoms with E-state index >= 15 is 0 Å². The molecule has 1 radical (unpaired) electrons. The van der Waals surface area contributed by atoms with Gasteiger partial charge >= 0.3 is 0 Å². The number of hydrogen-bond donors (Lipinski definition) is 0. The Morgan fingerprint density at radius 3 is 2.00 bits per heavy atom. The molecule has 0 spiro atoms. The molecule has 0 heterocycles. The second kappa shape index (κ2) is 3.75. The minimum absolute atomic E-state index is 1.12. The molecule has 0 amide bonds. The fraction of sp³-hybridized carbons (Fsp3) is 0.417. The minimum atomic E-state index is 1.12. The van der Waals surface area contributed by atoms with Crippen LogP contribution in [0, 0.1) is 27.2 Å². The van der Waals surface area contributed by atoms with Crippen LogP contribution in [0.15, 0.2) is 12.1 Å². The molecule has 0 saturated carbocycles. The molecule has 0 aliphatic heterocycles. The molecule has 0 bridgehead atoms. The highest BCUT2D eigenvalue weighted by Gasteiger charge is 2.01. The van der Waals surface area contributed by atoms with Gasteiger partial charge in [0.25, 0.3) is 0 Å². The average molecular weight is 161 g/mol. The van der Waals surface area contributed by atoms with Crippen molar-refractivity contribution in [3.05, 3.63) is 40.8 Å². The van der Waals surface area contributed by atoms with Gasteiger partial charge in [0.15, 0.2) is 0 Å². The molecule has 0 aliphatic carbocycles. The molecule has 1 rings (SSSR count). The van der Waals surface area contributed by atoms with Gasteiger partial charge in [0.05, 0.1) is 0 Å². The summed E-state index contributed by atoms with van der Waals surface area (Å²) < 4.78 is 0. The first kappa shape index (κ1) is 9.31. The molecule has 0 aliphatic rings. The molecular formula is C12H17. The monoisotopic (exact) mass is 161 g/mol. The maximum Gasteiger partial charge on any atom is -0.00904 e. The number of aryl methyl sites for hydroxylation is 3. The zero-order chi connectivity index (χ0) is 9.14. The van der Waals surface area contributed by atoms with Crippen LogP contribution in [0.1, 0.15) is 35.6 Å². The van der Waals surface area contributed by atoms with E-state index in [1.165, 1.54) is 22.3 Å². The van der Waals surface area contributed by atoms with Crippen molar-refractivity contribution in [3.63, 3.8) is 0 Å². The SMILES string of the molecule is CC[CH]c1c(C)cc(C)cc1C. The molecule has 0 aromatic heterocycles. The van der Waals surface area contributed by atoms with Crippen LogP contribution >= 0.6 is 0 Å². The van der Waals surface area contributed by atoms with Crippen LogP contribution < -0.4 is 0 Å². The van der Waals surface area contributed by atoms with Crippen molar-refractivity contribution in [2.45, 2.75) is 34.1 Å². The summed E-state index contributed by atoms with van der Waals surface area (Å²) in [7, 11) is 0. The molecular weight excluding hydrogens is 144 g/mol. The molecule has 12 heavy (non-hydrogen) atoms. The summed E-state index contributed by atoms with van der Waals surface area (Å²) in [5.74, 6) is 0. The van der Waals surface area contributed by atoms with E-state index in [4.69, 9.17) is 0 Å². The van der Waals surface area contributed by atoms with E-state index in [9.17, 15) is 0 Å². The summed E-state index contributed by atoms with van der Waals surface area (Å²) in [6, 6.07) is 4.49. The lowest BCUT2D eigenvalue weighted by Crippen LogP contribution is -1.92. The van der Waals surface area contributed by atoms with Crippen molar-refractivity contribution < 1.29 is 0 Å². The van der Waals surface area contributed by atoms with Crippen molar-refractivity contribution in [1.29, 1.82) is 0 Å². The van der Waals surface area contributed by atoms with Crippen molar-refractivity contribution in [2.24, 2.45) is 0 Å². The maximum atomic E-state index is 2.30. The van der Waals surface area contributed by atoms with Gasteiger partial charge in [-0.3, -0.25) is 0 Å². The van der Waals surface area contributed by atoms with Crippen LogP contribution in [0.25, 0.3) is 0 Å². The number of hydrogen-bond acceptors (Lipinski definition) is 0. The summed E-state index contributed by atoms with van der Waals surface area (Å²) in [6.07, 6.45) is 3.41. The standard InChI is InChI=1S/C12H17/c1-5-6-12-10(3)7-9(2)8-11(12)4/h6-8H,5H2,1-4H3. The summed E-state index contributed by atoms with van der Waals surface area (Å²) in [4.78, 5) is 0. The van der Waals surface area contributed by atoms with Gasteiger partial charge in [0, 0.05) is 0 Å². The highest BCUT2D eigenvalue weighted by molar-refractivity contribution is 5.41. The smallest absolute Gasteiger partial charge is 0.00904 e. The molecule has 0 N–H and O–H groups in total. The lowest BCUT2D eigenvalue weighted by atomic mass is 9.97. The molecule has 1 aromatic rings. The zero-order valence-corrected chi connectivity index (χ0v) is 8.44. The Hall–Kier alpha value is -0.780. The van der Waals surface area contributed by atoms with E-state index in [1.807, 2.05) is 0 Å². The number of rotatable bonds is 2.